The van der Waals surface area contributed by atoms with Gasteiger partial charge in [0.15, 0.2) is 6.29 Å². The van der Waals surface area contributed by atoms with Crippen LogP contribution < -0.4 is 0 Å². The average molecular weight is 200 g/mol. The third-order valence-electron chi connectivity index (χ3n) is 2.70. The van der Waals surface area contributed by atoms with Gasteiger partial charge in [0.2, 0.25) is 0 Å². The molecule has 1 aliphatic heterocycles. The summed E-state index contributed by atoms with van der Waals surface area (Å²) in [7, 11) is 1.66. The SMILES string of the molecule is C=C1CO[C@@H](OC)C[C@@H]1CCC(C)O. The van der Waals surface area contributed by atoms with Gasteiger partial charge in [-0.05, 0) is 31.3 Å². The van der Waals surface area contributed by atoms with Crippen LogP contribution in [0.2, 0.25) is 0 Å². The molecule has 1 unspecified atom stereocenters. The van der Waals surface area contributed by atoms with Crippen LogP contribution in [0.3, 0.4) is 0 Å². The lowest BCUT2D eigenvalue weighted by Gasteiger charge is -2.30. The maximum atomic E-state index is 9.20. The summed E-state index contributed by atoms with van der Waals surface area (Å²) in [6.45, 7) is 6.38. The first-order valence-corrected chi connectivity index (χ1v) is 5.13. The van der Waals surface area contributed by atoms with Gasteiger partial charge in [-0.15, -0.1) is 0 Å². The number of aliphatic hydroxyl groups excluding tert-OH is 1. The molecule has 3 nitrogen and oxygen atoms in total. The molecule has 0 aromatic heterocycles. The van der Waals surface area contributed by atoms with Crippen LogP contribution in [0.25, 0.3) is 0 Å². The Kier molecular flexibility index (Phi) is 4.58. The predicted molar refractivity (Wildman–Crippen MR) is 54.9 cm³/mol. The van der Waals surface area contributed by atoms with E-state index in [0.717, 1.165) is 24.8 Å². The fraction of sp³-hybridized carbons (Fsp3) is 0.818. The molecule has 1 rings (SSSR count). The van der Waals surface area contributed by atoms with Crippen molar-refractivity contribution in [3.63, 3.8) is 0 Å². The minimum absolute atomic E-state index is 0.0977. The molecule has 1 heterocycles. The summed E-state index contributed by atoms with van der Waals surface area (Å²) in [6, 6.07) is 0. The monoisotopic (exact) mass is 200 g/mol. The third kappa shape index (κ3) is 3.40. The molecule has 3 heteroatoms. The van der Waals surface area contributed by atoms with E-state index in [1.165, 1.54) is 0 Å². The molecule has 1 fully saturated rings. The summed E-state index contributed by atoms with van der Waals surface area (Å²) >= 11 is 0. The summed E-state index contributed by atoms with van der Waals surface area (Å²) in [5, 5.41) is 9.20. The summed E-state index contributed by atoms with van der Waals surface area (Å²) < 4.78 is 10.5. The fourth-order valence-electron chi connectivity index (χ4n) is 1.71. The molecule has 0 radical (unpaired) electrons. The highest BCUT2D eigenvalue weighted by molar-refractivity contribution is 5.03. The van der Waals surface area contributed by atoms with Crippen LogP contribution in [-0.4, -0.2) is 31.2 Å². The molecule has 0 amide bonds. The van der Waals surface area contributed by atoms with E-state index in [4.69, 9.17) is 9.47 Å². The number of rotatable bonds is 4. The number of hydrogen-bond donors (Lipinski definition) is 1. The lowest BCUT2D eigenvalue weighted by molar-refractivity contribution is -0.143. The van der Waals surface area contributed by atoms with Crippen LogP contribution in [0, 0.1) is 5.92 Å². The van der Waals surface area contributed by atoms with Crippen LogP contribution in [0.1, 0.15) is 26.2 Å². The molecule has 1 N–H and O–H groups in total. The van der Waals surface area contributed by atoms with Crippen LogP contribution in [-0.2, 0) is 9.47 Å². The van der Waals surface area contributed by atoms with E-state index in [-0.39, 0.29) is 12.4 Å². The third-order valence-corrected chi connectivity index (χ3v) is 2.70. The maximum absolute atomic E-state index is 9.20. The van der Waals surface area contributed by atoms with Crippen molar-refractivity contribution in [3.05, 3.63) is 12.2 Å². The van der Waals surface area contributed by atoms with E-state index in [2.05, 4.69) is 6.58 Å². The van der Waals surface area contributed by atoms with Gasteiger partial charge in [0.1, 0.15) is 0 Å². The normalized spacial score (nSPS) is 30.4. The fourth-order valence-corrected chi connectivity index (χ4v) is 1.71. The molecule has 1 aliphatic rings. The second kappa shape index (κ2) is 5.49. The molecule has 14 heavy (non-hydrogen) atoms. The lowest BCUT2D eigenvalue weighted by atomic mass is 9.89. The summed E-state index contributed by atoms with van der Waals surface area (Å²) in [4.78, 5) is 0. The van der Waals surface area contributed by atoms with Gasteiger partial charge in [0.25, 0.3) is 0 Å². The molecule has 1 saturated heterocycles. The van der Waals surface area contributed by atoms with Gasteiger partial charge in [0, 0.05) is 13.5 Å². The van der Waals surface area contributed by atoms with E-state index in [1.54, 1.807) is 7.11 Å². The Labute approximate surface area is 85.7 Å². The van der Waals surface area contributed by atoms with Crippen molar-refractivity contribution in [1.29, 1.82) is 0 Å². The zero-order valence-corrected chi connectivity index (χ0v) is 9.03. The van der Waals surface area contributed by atoms with Crippen molar-refractivity contribution in [2.24, 2.45) is 5.92 Å². The van der Waals surface area contributed by atoms with Crippen molar-refractivity contribution in [1.82, 2.24) is 0 Å². The first kappa shape index (κ1) is 11.7. The Morgan fingerprint density at radius 1 is 1.71 bits per heavy atom. The number of aliphatic hydroxyl groups is 1. The topological polar surface area (TPSA) is 38.7 Å². The van der Waals surface area contributed by atoms with Crippen LogP contribution >= 0.6 is 0 Å². The van der Waals surface area contributed by atoms with Crippen LogP contribution in [0.15, 0.2) is 12.2 Å². The van der Waals surface area contributed by atoms with Gasteiger partial charge in [-0.1, -0.05) is 6.58 Å². The van der Waals surface area contributed by atoms with Gasteiger partial charge >= 0.3 is 0 Å². The highest BCUT2D eigenvalue weighted by Gasteiger charge is 2.25. The summed E-state index contributed by atoms with van der Waals surface area (Å²) in [5.74, 6) is 0.434. The smallest absolute Gasteiger partial charge is 0.158 e. The van der Waals surface area contributed by atoms with Crippen LogP contribution in [0.4, 0.5) is 0 Å². The Morgan fingerprint density at radius 2 is 2.43 bits per heavy atom. The summed E-state index contributed by atoms with van der Waals surface area (Å²) in [5.41, 5.74) is 1.12. The molecule has 0 aromatic rings. The molecule has 3 atom stereocenters. The lowest BCUT2D eigenvalue weighted by Crippen LogP contribution is -2.29. The predicted octanol–water partition coefficient (Wildman–Crippen LogP) is 1.71. The van der Waals surface area contributed by atoms with Crippen molar-refractivity contribution in [2.45, 2.75) is 38.6 Å². The van der Waals surface area contributed by atoms with Crippen molar-refractivity contribution >= 4 is 0 Å². The van der Waals surface area contributed by atoms with E-state index >= 15 is 0 Å². The van der Waals surface area contributed by atoms with Gasteiger partial charge < -0.3 is 14.6 Å². The average Bonchev–Trinajstić information content (AvgIpc) is 2.16. The second-order valence-corrected chi connectivity index (χ2v) is 3.99. The highest BCUT2D eigenvalue weighted by Crippen LogP contribution is 2.28. The largest absolute Gasteiger partial charge is 0.393 e. The molecular formula is C11H20O3. The molecule has 0 aromatic carbocycles. The minimum atomic E-state index is -0.230. The Bertz CT molecular complexity index is 189. The van der Waals surface area contributed by atoms with Gasteiger partial charge in [-0.25, -0.2) is 0 Å². The Hall–Kier alpha value is -0.380. The maximum Gasteiger partial charge on any atom is 0.158 e. The van der Waals surface area contributed by atoms with Crippen LogP contribution in [0.5, 0.6) is 0 Å². The molecule has 0 saturated carbocycles. The first-order chi connectivity index (χ1) is 6.63. The summed E-state index contributed by atoms with van der Waals surface area (Å²) in [6.07, 6.45) is 2.33. The second-order valence-electron chi connectivity index (χ2n) is 3.99. The van der Waals surface area contributed by atoms with Gasteiger partial charge in [0.05, 0.1) is 12.7 Å². The molecule has 0 bridgehead atoms. The number of methoxy groups -OCH3 is 1. The van der Waals surface area contributed by atoms with Gasteiger partial charge in [-0.3, -0.25) is 0 Å². The number of ether oxygens (including phenoxy) is 2. The Morgan fingerprint density at radius 3 is 3.00 bits per heavy atom. The van der Waals surface area contributed by atoms with Crippen molar-refractivity contribution < 1.29 is 14.6 Å². The number of hydrogen-bond acceptors (Lipinski definition) is 3. The molecule has 0 spiro atoms. The minimum Gasteiger partial charge on any atom is -0.393 e. The van der Waals surface area contributed by atoms with E-state index in [1.807, 2.05) is 6.92 Å². The standard InChI is InChI=1S/C11H20O3/c1-8-7-14-11(13-3)6-10(8)5-4-9(2)12/h9-12H,1,4-7H2,2-3H3/t9?,10-,11+/m0/s1. The van der Waals surface area contributed by atoms with Gasteiger partial charge in [-0.2, -0.15) is 0 Å². The highest BCUT2D eigenvalue weighted by atomic mass is 16.7. The van der Waals surface area contributed by atoms with E-state index in [9.17, 15) is 5.11 Å². The zero-order chi connectivity index (χ0) is 10.6. The molecule has 82 valence electrons. The van der Waals surface area contributed by atoms with Crippen molar-refractivity contribution in [3.8, 4) is 0 Å². The Balaban J connectivity index is 2.36. The van der Waals surface area contributed by atoms with Crippen molar-refractivity contribution in [2.75, 3.05) is 13.7 Å². The first-order valence-electron chi connectivity index (χ1n) is 5.13. The quantitative estimate of drug-likeness (QED) is 0.702. The molecular weight excluding hydrogens is 180 g/mol. The van der Waals surface area contributed by atoms with E-state index < -0.39 is 0 Å². The zero-order valence-electron chi connectivity index (χ0n) is 9.03. The molecule has 0 aliphatic carbocycles. The van der Waals surface area contributed by atoms with E-state index in [0.29, 0.717) is 12.5 Å².